The molecule has 0 amide bonds. The Hall–Kier alpha value is -2.81. The number of nitriles is 1. The number of ketones is 1. The van der Waals surface area contributed by atoms with Crippen LogP contribution >= 0.6 is 0 Å². The number of carbonyl (C=O) groups excluding carboxylic acids is 1. The van der Waals surface area contributed by atoms with Gasteiger partial charge in [-0.05, 0) is 25.5 Å². The van der Waals surface area contributed by atoms with Crippen LogP contribution in [0.1, 0.15) is 28.8 Å². The number of aliphatic hydroxyl groups excluding tert-OH is 1. The number of allylic oxidation sites excluding steroid dienone is 1. The zero-order chi connectivity index (χ0) is 15.8. The number of ether oxygens (including phenoxy) is 1. The molecule has 2 N–H and O–H groups in total. The van der Waals surface area contributed by atoms with Crippen LogP contribution in [0, 0.1) is 18.3 Å². The van der Waals surface area contributed by atoms with Crippen LogP contribution in [0.3, 0.4) is 0 Å². The second-order valence-electron chi connectivity index (χ2n) is 4.31. The van der Waals surface area contributed by atoms with Gasteiger partial charge in [-0.3, -0.25) is 4.79 Å². The third-order valence-corrected chi connectivity index (χ3v) is 2.58. The minimum Gasteiger partial charge on any atom is -0.502 e. The standard InChI is InChI=1S/C15H15NO5/c1-10-4-5-14(21-7-3-2-6-16)11(8-10)12(17)9-13(18)15(19)20/h4-5,8-9,18H,2-3,7H2,1H3,(H,19,20)/b13-9-. The number of carboxylic acid groups (broad SMARTS) is 1. The number of unbranched alkanes of at least 4 members (excludes halogenated alkanes) is 1. The molecule has 1 rings (SSSR count). The van der Waals surface area contributed by atoms with Gasteiger partial charge in [0.2, 0.25) is 5.76 Å². The molecule has 0 heterocycles. The predicted molar refractivity (Wildman–Crippen MR) is 74.2 cm³/mol. The highest BCUT2D eigenvalue weighted by molar-refractivity contribution is 6.09. The average Bonchev–Trinajstić information content (AvgIpc) is 2.44. The zero-order valence-electron chi connectivity index (χ0n) is 11.5. The van der Waals surface area contributed by atoms with E-state index in [0.717, 1.165) is 5.56 Å². The van der Waals surface area contributed by atoms with E-state index in [9.17, 15) is 9.59 Å². The summed E-state index contributed by atoms with van der Waals surface area (Å²) in [6.45, 7) is 2.04. The van der Waals surface area contributed by atoms with Crippen LogP contribution in [0.2, 0.25) is 0 Å². The number of carboxylic acids is 1. The van der Waals surface area contributed by atoms with Crippen LogP contribution in [-0.2, 0) is 4.79 Å². The highest BCUT2D eigenvalue weighted by atomic mass is 16.5. The number of aliphatic hydroxyl groups is 1. The summed E-state index contributed by atoms with van der Waals surface area (Å²) in [5.74, 6) is -2.98. The Balaban J connectivity index is 2.96. The van der Waals surface area contributed by atoms with Gasteiger partial charge in [-0.25, -0.2) is 4.79 Å². The van der Waals surface area contributed by atoms with Gasteiger partial charge in [-0.15, -0.1) is 0 Å². The quantitative estimate of drug-likeness (QED) is 0.345. The van der Waals surface area contributed by atoms with Crippen LogP contribution < -0.4 is 4.74 Å². The Morgan fingerprint density at radius 1 is 1.38 bits per heavy atom. The van der Waals surface area contributed by atoms with Crippen molar-refractivity contribution in [2.24, 2.45) is 0 Å². The van der Waals surface area contributed by atoms with Crippen molar-refractivity contribution in [1.82, 2.24) is 0 Å². The number of carbonyl (C=O) groups is 2. The molecule has 0 unspecified atom stereocenters. The van der Waals surface area contributed by atoms with E-state index in [-0.39, 0.29) is 17.9 Å². The van der Waals surface area contributed by atoms with Crippen molar-refractivity contribution in [2.45, 2.75) is 19.8 Å². The van der Waals surface area contributed by atoms with Crippen LogP contribution in [0.25, 0.3) is 0 Å². The summed E-state index contributed by atoms with van der Waals surface area (Å²) >= 11 is 0. The molecule has 0 saturated heterocycles. The summed E-state index contributed by atoms with van der Waals surface area (Å²) in [7, 11) is 0. The predicted octanol–water partition coefficient (Wildman–Crippen LogP) is 2.39. The summed E-state index contributed by atoms with van der Waals surface area (Å²) in [5.41, 5.74) is 0.964. The lowest BCUT2D eigenvalue weighted by Crippen LogP contribution is -2.07. The van der Waals surface area contributed by atoms with Crippen LogP contribution in [0.15, 0.2) is 30.0 Å². The number of nitrogens with zero attached hydrogens (tertiary/aromatic N) is 1. The normalized spacial score (nSPS) is 10.8. The van der Waals surface area contributed by atoms with Crippen LogP contribution in [0.4, 0.5) is 0 Å². The van der Waals surface area contributed by atoms with E-state index >= 15 is 0 Å². The lowest BCUT2D eigenvalue weighted by Gasteiger charge is -2.10. The van der Waals surface area contributed by atoms with Crippen LogP contribution in [-0.4, -0.2) is 28.6 Å². The number of hydrogen-bond acceptors (Lipinski definition) is 5. The van der Waals surface area contributed by atoms with Crippen molar-refractivity contribution in [3.63, 3.8) is 0 Å². The smallest absolute Gasteiger partial charge is 0.371 e. The monoisotopic (exact) mass is 289 g/mol. The maximum absolute atomic E-state index is 12.0. The molecule has 0 bridgehead atoms. The van der Waals surface area contributed by atoms with Gasteiger partial charge in [0.15, 0.2) is 5.78 Å². The van der Waals surface area contributed by atoms with Gasteiger partial charge < -0.3 is 14.9 Å². The largest absolute Gasteiger partial charge is 0.502 e. The first-order chi connectivity index (χ1) is 9.95. The fourth-order valence-corrected chi connectivity index (χ4v) is 1.56. The molecule has 0 radical (unpaired) electrons. The molecule has 0 saturated carbocycles. The van der Waals surface area contributed by atoms with Crippen LogP contribution in [0.5, 0.6) is 5.75 Å². The highest BCUT2D eigenvalue weighted by Gasteiger charge is 2.14. The van der Waals surface area contributed by atoms with Gasteiger partial charge in [-0.2, -0.15) is 5.26 Å². The van der Waals surface area contributed by atoms with E-state index in [0.29, 0.717) is 18.9 Å². The second kappa shape index (κ2) is 7.70. The molecule has 0 atom stereocenters. The summed E-state index contributed by atoms with van der Waals surface area (Å²) in [6, 6.07) is 6.88. The van der Waals surface area contributed by atoms with Crippen molar-refractivity contribution < 1.29 is 24.5 Å². The van der Waals surface area contributed by atoms with Gasteiger partial charge in [-0.1, -0.05) is 11.6 Å². The molecule has 6 heteroatoms. The average molecular weight is 289 g/mol. The lowest BCUT2D eigenvalue weighted by molar-refractivity contribution is -0.135. The van der Waals surface area contributed by atoms with Gasteiger partial charge >= 0.3 is 5.97 Å². The first-order valence-corrected chi connectivity index (χ1v) is 6.24. The van der Waals surface area contributed by atoms with E-state index in [1.165, 1.54) is 0 Å². The molecule has 0 aliphatic rings. The molecular formula is C15H15NO5. The van der Waals surface area contributed by atoms with Crippen molar-refractivity contribution in [2.75, 3.05) is 6.61 Å². The summed E-state index contributed by atoms with van der Waals surface area (Å²) in [4.78, 5) is 22.5. The molecule has 0 aliphatic heterocycles. The van der Waals surface area contributed by atoms with E-state index in [1.54, 1.807) is 25.1 Å². The molecule has 0 aromatic heterocycles. The maximum atomic E-state index is 12.0. The summed E-state index contributed by atoms with van der Waals surface area (Å²) in [5, 5.41) is 26.1. The number of hydrogen-bond donors (Lipinski definition) is 2. The molecule has 0 fully saturated rings. The van der Waals surface area contributed by atoms with Crippen molar-refractivity contribution >= 4 is 11.8 Å². The Bertz CT molecular complexity index is 613. The van der Waals surface area contributed by atoms with E-state index in [4.69, 9.17) is 20.2 Å². The lowest BCUT2D eigenvalue weighted by atomic mass is 10.1. The van der Waals surface area contributed by atoms with Gasteiger partial charge in [0.25, 0.3) is 0 Å². The number of rotatable bonds is 7. The fourth-order valence-electron chi connectivity index (χ4n) is 1.56. The first-order valence-electron chi connectivity index (χ1n) is 6.24. The van der Waals surface area contributed by atoms with E-state index < -0.39 is 17.5 Å². The summed E-state index contributed by atoms with van der Waals surface area (Å²) in [6.07, 6.45) is 1.50. The third kappa shape index (κ3) is 4.99. The number of aliphatic carboxylic acids is 1. The molecule has 0 aliphatic carbocycles. The Morgan fingerprint density at radius 2 is 2.10 bits per heavy atom. The third-order valence-electron chi connectivity index (χ3n) is 2.58. The van der Waals surface area contributed by atoms with E-state index in [2.05, 4.69) is 0 Å². The Morgan fingerprint density at radius 3 is 2.71 bits per heavy atom. The second-order valence-corrected chi connectivity index (χ2v) is 4.31. The van der Waals surface area contributed by atoms with E-state index in [1.807, 2.05) is 6.07 Å². The minimum absolute atomic E-state index is 0.166. The van der Waals surface area contributed by atoms with Gasteiger partial charge in [0.05, 0.1) is 18.2 Å². The Kier molecular flexibility index (Phi) is 5.96. The highest BCUT2D eigenvalue weighted by Crippen LogP contribution is 2.21. The topological polar surface area (TPSA) is 108 Å². The minimum atomic E-state index is -1.58. The molecule has 1 aromatic carbocycles. The first kappa shape index (κ1) is 16.2. The van der Waals surface area contributed by atoms with Crippen molar-refractivity contribution in [3.05, 3.63) is 41.2 Å². The molecule has 1 aromatic rings. The van der Waals surface area contributed by atoms with Crippen molar-refractivity contribution in [3.8, 4) is 11.8 Å². The zero-order valence-corrected chi connectivity index (χ0v) is 11.5. The molecule has 21 heavy (non-hydrogen) atoms. The van der Waals surface area contributed by atoms with Gasteiger partial charge in [0.1, 0.15) is 5.75 Å². The fraction of sp³-hybridized carbons (Fsp3) is 0.267. The van der Waals surface area contributed by atoms with Gasteiger partial charge in [0, 0.05) is 12.5 Å². The SMILES string of the molecule is Cc1ccc(OCCCC#N)c(C(=O)/C=C(\O)C(=O)O)c1. The number of benzene rings is 1. The molecule has 110 valence electrons. The van der Waals surface area contributed by atoms with Crippen molar-refractivity contribution in [1.29, 1.82) is 5.26 Å². The maximum Gasteiger partial charge on any atom is 0.371 e. The molecular weight excluding hydrogens is 274 g/mol. The Labute approximate surface area is 121 Å². The number of aryl methyl sites for hydroxylation is 1. The molecule has 6 nitrogen and oxygen atoms in total. The summed E-state index contributed by atoms with van der Waals surface area (Å²) < 4.78 is 5.43. The molecule has 0 spiro atoms.